The molecule has 0 fully saturated rings. The summed E-state index contributed by atoms with van der Waals surface area (Å²) in [5, 5.41) is 11.8. The van der Waals surface area contributed by atoms with Crippen molar-refractivity contribution in [3.05, 3.63) is 52.9 Å². The van der Waals surface area contributed by atoms with Crippen LogP contribution < -0.4 is 15.5 Å². The van der Waals surface area contributed by atoms with Crippen molar-refractivity contribution in [1.82, 2.24) is 20.8 Å². The number of para-hydroxylation sites is 1. The Hall–Kier alpha value is -2.36. The van der Waals surface area contributed by atoms with Crippen LogP contribution in [0.25, 0.3) is 10.9 Å². The minimum Gasteiger partial charge on any atom is -0.363 e. The average Bonchev–Trinajstić information content (AvgIpc) is 2.99. The van der Waals surface area contributed by atoms with Crippen LogP contribution in [0.1, 0.15) is 22.6 Å². The number of aliphatic imine (C=N–C) groups is 1. The van der Waals surface area contributed by atoms with Crippen molar-refractivity contribution >= 4 is 46.7 Å². The molecular formula is C20H27IN6O. The molecule has 0 atom stereocenters. The van der Waals surface area contributed by atoms with Gasteiger partial charge in [-0.25, -0.2) is 4.98 Å². The number of anilines is 1. The molecule has 0 unspecified atom stereocenters. The number of hydrogen-bond donors (Lipinski definition) is 2. The molecule has 0 radical (unpaired) electrons. The first kappa shape index (κ1) is 21.9. The number of guanidine groups is 1. The van der Waals surface area contributed by atoms with Crippen LogP contribution >= 0.6 is 24.0 Å². The van der Waals surface area contributed by atoms with E-state index in [0.717, 1.165) is 39.7 Å². The van der Waals surface area contributed by atoms with Gasteiger partial charge in [-0.1, -0.05) is 23.4 Å². The fourth-order valence-electron chi connectivity index (χ4n) is 2.93. The van der Waals surface area contributed by atoms with E-state index in [2.05, 4.69) is 32.9 Å². The van der Waals surface area contributed by atoms with Crippen LogP contribution in [0, 0.1) is 13.8 Å². The van der Waals surface area contributed by atoms with E-state index in [9.17, 15) is 0 Å². The maximum absolute atomic E-state index is 5.21. The smallest absolute Gasteiger partial charge is 0.191 e. The van der Waals surface area contributed by atoms with Gasteiger partial charge in [-0.3, -0.25) is 4.99 Å². The van der Waals surface area contributed by atoms with Crippen molar-refractivity contribution in [3.8, 4) is 0 Å². The van der Waals surface area contributed by atoms with Crippen LogP contribution in [0.4, 0.5) is 5.82 Å². The fourth-order valence-corrected chi connectivity index (χ4v) is 2.93. The van der Waals surface area contributed by atoms with Gasteiger partial charge in [0.25, 0.3) is 0 Å². The maximum atomic E-state index is 5.21. The van der Waals surface area contributed by atoms with E-state index in [0.29, 0.717) is 13.1 Å². The normalized spacial score (nSPS) is 11.2. The Morgan fingerprint density at radius 2 is 1.86 bits per heavy atom. The van der Waals surface area contributed by atoms with Gasteiger partial charge in [-0.05, 0) is 31.5 Å². The number of benzene rings is 1. The summed E-state index contributed by atoms with van der Waals surface area (Å²) >= 11 is 0. The van der Waals surface area contributed by atoms with E-state index in [-0.39, 0.29) is 24.0 Å². The Morgan fingerprint density at radius 3 is 2.50 bits per heavy atom. The Morgan fingerprint density at radius 1 is 1.14 bits per heavy atom. The Bertz CT molecular complexity index is 947. The van der Waals surface area contributed by atoms with Crippen LogP contribution in [-0.4, -0.2) is 37.2 Å². The van der Waals surface area contributed by atoms with Crippen LogP contribution in [0.15, 0.2) is 39.8 Å². The van der Waals surface area contributed by atoms with E-state index in [1.54, 1.807) is 7.05 Å². The SMILES string of the molecule is CN=C(NCc1c(C)noc1C)NCc1cc(N(C)C)nc2ccccc12.I. The number of pyridine rings is 1. The number of rotatable bonds is 5. The molecule has 0 bridgehead atoms. The number of aryl methyl sites for hydroxylation is 2. The van der Waals surface area contributed by atoms with Gasteiger partial charge in [0, 0.05) is 45.2 Å². The summed E-state index contributed by atoms with van der Waals surface area (Å²) in [6.45, 7) is 5.11. The van der Waals surface area contributed by atoms with Gasteiger partial charge in [0.15, 0.2) is 5.96 Å². The highest BCUT2D eigenvalue weighted by Crippen LogP contribution is 2.22. The van der Waals surface area contributed by atoms with E-state index in [4.69, 9.17) is 9.51 Å². The lowest BCUT2D eigenvalue weighted by molar-refractivity contribution is 0.392. The van der Waals surface area contributed by atoms with Gasteiger partial charge in [0.1, 0.15) is 11.6 Å². The first-order valence-corrected chi connectivity index (χ1v) is 8.92. The van der Waals surface area contributed by atoms with Crippen molar-refractivity contribution < 1.29 is 4.52 Å². The topological polar surface area (TPSA) is 78.6 Å². The van der Waals surface area contributed by atoms with Crippen LogP contribution in [0.3, 0.4) is 0 Å². The lowest BCUT2D eigenvalue weighted by Crippen LogP contribution is -2.36. The number of nitrogens with one attached hydrogen (secondary N) is 2. The van der Waals surface area contributed by atoms with Crippen molar-refractivity contribution in [1.29, 1.82) is 0 Å². The summed E-state index contributed by atoms with van der Waals surface area (Å²) in [5.74, 6) is 2.48. The minimum absolute atomic E-state index is 0. The Balaban J connectivity index is 0.00000280. The molecule has 0 aliphatic rings. The zero-order chi connectivity index (χ0) is 19.4. The van der Waals surface area contributed by atoms with Crippen LogP contribution in [-0.2, 0) is 13.1 Å². The molecule has 0 aliphatic heterocycles. The van der Waals surface area contributed by atoms with Crippen molar-refractivity contribution in [2.24, 2.45) is 4.99 Å². The molecule has 3 rings (SSSR count). The maximum Gasteiger partial charge on any atom is 0.191 e. The fraction of sp³-hybridized carbons (Fsp3) is 0.350. The summed E-state index contributed by atoms with van der Waals surface area (Å²) in [7, 11) is 5.76. The second kappa shape index (κ2) is 9.72. The van der Waals surface area contributed by atoms with Crippen molar-refractivity contribution in [3.63, 3.8) is 0 Å². The predicted octanol–water partition coefficient (Wildman–Crippen LogP) is 3.39. The van der Waals surface area contributed by atoms with E-state index in [1.165, 1.54) is 5.56 Å². The lowest BCUT2D eigenvalue weighted by Gasteiger charge is -2.17. The molecule has 150 valence electrons. The molecule has 2 heterocycles. The van der Waals surface area contributed by atoms with Crippen molar-refractivity contribution in [2.75, 3.05) is 26.0 Å². The highest BCUT2D eigenvalue weighted by molar-refractivity contribution is 14.0. The van der Waals surface area contributed by atoms with E-state index >= 15 is 0 Å². The predicted molar refractivity (Wildman–Crippen MR) is 125 cm³/mol. The van der Waals surface area contributed by atoms with Gasteiger partial charge < -0.3 is 20.1 Å². The number of halogens is 1. The van der Waals surface area contributed by atoms with E-state index < -0.39 is 0 Å². The molecule has 0 amide bonds. The second-order valence-corrected chi connectivity index (χ2v) is 6.63. The third-order valence-electron chi connectivity index (χ3n) is 4.53. The van der Waals surface area contributed by atoms with Gasteiger partial charge in [0.2, 0.25) is 0 Å². The average molecular weight is 494 g/mol. The molecule has 1 aromatic carbocycles. The molecule has 0 saturated carbocycles. The van der Waals surface area contributed by atoms with E-state index in [1.807, 2.05) is 51.0 Å². The van der Waals surface area contributed by atoms with Gasteiger partial charge in [-0.15, -0.1) is 24.0 Å². The van der Waals surface area contributed by atoms with Crippen LogP contribution in [0.5, 0.6) is 0 Å². The number of nitrogens with zero attached hydrogens (tertiary/aromatic N) is 4. The Labute approximate surface area is 182 Å². The lowest BCUT2D eigenvalue weighted by atomic mass is 10.1. The second-order valence-electron chi connectivity index (χ2n) is 6.63. The van der Waals surface area contributed by atoms with Crippen molar-refractivity contribution in [2.45, 2.75) is 26.9 Å². The summed E-state index contributed by atoms with van der Waals surface area (Å²) in [6.07, 6.45) is 0. The summed E-state index contributed by atoms with van der Waals surface area (Å²) in [4.78, 5) is 11.0. The minimum atomic E-state index is 0. The standard InChI is InChI=1S/C20H26N6O.HI/c1-13-17(14(2)27-25-13)12-23-20(21-3)22-11-15-10-19(26(4)5)24-18-9-7-6-8-16(15)18;/h6-10H,11-12H2,1-5H3,(H2,21,22,23);1H. The third kappa shape index (κ3) is 4.92. The summed E-state index contributed by atoms with van der Waals surface area (Å²) < 4.78 is 5.21. The first-order valence-electron chi connectivity index (χ1n) is 8.92. The van der Waals surface area contributed by atoms with Gasteiger partial charge in [-0.2, -0.15) is 0 Å². The summed E-state index contributed by atoms with van der Waals surface area (Å²) in [5.41, 5.74) is 4.11. The largest absolute Gasteiger partial charge is 0.363 e. The quantitative estimate of drug-likeness (QED) is 0.322. The molecule has 7 nitrogen and oxygen atoms in total. The molecule has 3 aromatic rings. The zero-order valence-electron chi connectivity index (χ0n) is 16.9. The zero-order valence-corrected chi connectivity index (χ0v) is 19.2. The number of hydrogen-bond acceptors (Lipinski definition) is 5. The monoisotopic (exact) mass is 494 g/mol. The molecular weight excluding hydrogens is 467 g/mol. The number of fused-ring (bicyclic) bond motifs is 1. The molecule has 0 aliphatic carbocycles. The summed E-state index contributed by atoms with van der Waals surface area (Å²) in [6, 6.07) is 10.3. The molecule has 0 spiro atoms. The van der Waals surface area contributed by atoms with Gasteiger partial charge >= 0.3 is 0 Å². The molecule has 0 saturated heterocycles. The third-order valence-corrected chi connectivity index (χ3v) is 4.53. The molecule has 8 heteroatoms. The highest BCUT2D eigenvalue weighted by Gasteiger charge is 2.11. The number of aromatic nitrogens is 2. The Kier molecular flexibility index (Phi) is 7.61. The molecule has 28 heavy (non-hydrogen) atoms. The highest BCUT2D eigenvalue weighted by atomic mass is 127. The molecule has 2 N–H and O–H groups in total. The first-order chi connectivity index (χ1) is 13.0. The molecule has 2 aromatic heterocycles. The van der Waals surface area contributed by atoms with Crippen LogP contribution in [0.2, 0.25) is 0 Å². The van der Waals surface area contributed by atoms with Gasteiger partial charge in [0.05, 0.1) is 11.2 Å².